The summed E-state index contributed by atoms with van der Waals surface area (Å²) in [5.74, 6) is -0.636. The Morgan fingerprint density at radius 2 is 1.97 bits per heavy atom. The minimum absolute atomic E-state index is 0.0655. The smallest absolute Gasteiger partial charge is 0.341 e. The molecule has 4 rings (SSSR count). The van der Waals surface area contributed by atoms with E-state index >= 15 is 0 Å². The molecule has 2 aromatic carbocycles. The van der Waals surface area contributed by atoms with E-state index in [-0.39, 0.29) is 18.1 Å². The Morgan fingerprint density at radius 3 is 2.69 bits per heavy atom. The summed E-state index contributed by atoms with van der Waals surface area (Å²) < 4.78 is 11.4. The second kappa shape index (κ2) is 8.95. The molecule has 0 saturated heterocycles. The van der Waals surface area contributed by atoms with Crippen LogP contribution < -0.4 is 15.9 Å². The Morgan fingerprint density at radius 1 is 1.19 bits per heavy atom. The largest absolute Gasteiger partial charge is 0.482 e. The van der Waals surface area contributed by atoms with E-state index in [4.69, 9.17) is 15.6 Å². The molecule has 0 saturated carbocycles. The lowest BCUT2D eigenvalue weighted by molar-refractivity contribution is -0.139. The summed E-state index contributed by atoms with van der Waals surface area (Å²) in [6, 6.07) is 13.8. The van der Waals surface area contributed by atoms with Crippen molar-refractivity contribution in [1.82, 2.24) is 25.3 Å². The zero-order valence-corrected chi connectivity index (χ0v) is 16.5. The number of hydrogen-bond donors (Lipinski definition) is 3. The first-order chi connectivity index (χ1) is 15.5. The third-order valence-electron chi connectivity index (χ3n) is 4.33. The fourth-order valence-electron chi connectivity index (χ4n) is 2.92. The third-order valence-corrected chi connectivity index (χ3v) is 4.33. The number of nitrogens with zero attached hydrogens (tertiary/aromatic N) is 5. The van der Waals surface area contributed by atoms with Gasteiger partial charge in [0.05, 0.1) is 17.2 Å². The van der Waals surface area contributed by atoms with Gasteiger partial charge < -0.3 is 20.1 Å². The number of carboxylic acids is 1. The van der Waals surface area contributed by atoms with Gasteiger partial charge in [-0.15, -0.1) is 0 Å². The number of nitrogen functional groups attached to an aromatic ring is 1. The minimum atomic E-state index is -1.06. The van der Waals surface area contributed by atoms with Gasteiger partial charge in [0.15, 0.2) is 23.9 Å². The Hall–Kier alpha value is -4.74. The normalized spacial score (nSPS) is 11.1. The van der Waals surface area contributed by atoms with Crippen molar-refractivity contribution in [3.63, 3.8) is 0 Å². The fourth-order valence-corrected chi connectivity index (χ4v) is 2.92. The highest BCUT2D eigenvalue weighted by Crippen LogP contribution is 2.26. The number of nitrogens with one attached hydrogen (secondary N) is 1. The van der Waals surface area contributed by atoms with Gasteiger partial charge >= 0.3 is 5.97 Å². The van der Waals surface area contributed by atoms with Gasteiger partial charge in [-0.1, -0.05) is 12.1 Å². The zero-order chi connectivity index (χ0) is 22.5. The average molecular weight is 435 g/mol. The van der Waals surface area contributed by atoms with Gasteiger partial charge in [-0.05, 0) is 52.3 Å². The highest BCUT2D eigenvalue weighted by Gasteiger charge is 2.20. The van der Waals surface area contributed by atoms with Crippen LogP contribution in [-0.2, 0) is 16.1 Å². The molecular weight excluding hydrogens is 418 g/mol. The van der Waals surface area contributed by atoms with Gasteiger partial charge in [0.1, 0.15) is 12.3 Å². The molecule has 0 aliphatic heterocycles. The van der Waals surface area contributed by atoms with Gasteiger partial charge in [0.2, 0.25) is 0 Å². The zero-order valence-electron chi connectivity index (χ0n) is 16.5. The molecule has 2 heterocycles. The van der Waals surface area contributed by atoms with Crippen LogP contribution in [0.15, 0.2) is 58.3 Å². The van der Waals surface area contributed by atoms with Gasteiger partial charge in [-0.3, -0.25) is 4.79 Å². The molecule has 4 aromatic rings. The molecule has 32 heavy (non-hydrogen) atoms. The number of anilines is 1. The second-order valence-electron chi connectivity index (χ2n) is 6.55. The SMILES string of the molecule is Nc1nonc1-c1nc2ccccc2n1CC(=O)N/N=C\c1ccc(OCC(=O)O)cc1. The Kier molecular flexibility index (Phi) is 5.74. The number of aliphatic carboxylic acids is 1. The fraction of sp³-hybridized carbons (Fsp3) is 0.100. The van der Waals surface area contributed by atoms with Gasteiger partial charge in [0, 0.05) is 0 Å². The van der Waals surface area contributed by atoms with Crippen LogP contribution in [0.1, 0.15) is 5.56 Å². The van der Waals surface area contributed by atoms with E-state index in [2.05, 4.69) is 30.5 Å². The molecule has 0 aliphatic carbocycles. The van der Waals surface area contributed by atoms with Crippen molar-refractivity contribution in [3.8, 4) is 17.3 Å². The minimum Gasteiger partial charge on any atom is -0.482 e. The Bertz CT molecular complexity index is 1290. The van der Waals surface area contributed by atoms with Crippen LogP contribution in [-0.4, -0.2) is 49.7 Å². The van der Waals surface area contributed by atoms with Gasteiger partial charge in [-0.25, -0.2) is 19.8 Å². The summed E-state index contributed by atoms with van der Waals surface area (Å²) >= 11 is 0. The molecule has 0 aliphatic rings. The monoisotopic (exact) mass is 435 g/mol. The van der Waals surface area contributed by atoms with Crippen LogP contribution >= 0.6 is 0 Å². The van der Waals surface area contributed by atoms with E-state index in [1.807, 2.05) is 18.2 Å². The number of hydrogen-bond acceptors (Lipinski definition) is 9. The predicted molar refractivity (Wildman–Crippen MR) is 113 cm³/mol. The molecule has 2 aromatic heterocycles. The molecule has 12 heteroatoms. The van der Waals surface area contributed by atoms with E-state index in [9.17, 15) is 9.59 Å². The second-order valence-corrected chi connectivity index (χ2v) is 6.55. The van der Waals surface area contributed by atoms with E-state index < -0.39 is 18.5 Å². The molecule has 0 radical (unpaired) electrons. The van der Waals surface area contributed by atoms with E-state index in [0.717, 1.165) is 0 Å². The molecule has 4 N–H and O–H groups in total. The van der Waals surface area contributed by atoms with Crippen molar-refractivity contribution >= 4 is 34.9 Å². The maximum Gasteiger partial charge on any atom is 0.341 e. The summed E-state index contributed by atoms with van der Waals surface area (Å²) in [5, 5.41) is 19.9. The molecule has 0 bridgehead atoms. The average Bonchev–Trinajstić information content (AvgIpc) is 3.36. The number of imidazole rings is 1. The van der Waals surface area contributed by atoms with Crippen molar-refractivity contribution < 1.29 is 24.1 Å². The van der Waals surface area contributed by atoms with E-state index in [1.165, 1.54) is 6.21 Å². The molecular formula is C20H17N7O5. The number of rotatable bonds is 8. The molecule has 0 unspecified atom stereocenters. The lowest BCUT2D eigenvalue weighted by Crippen LogP contribution is -2.23. The topological polar surface area (TPSA) is 171 Å². The number of carbonyl (C=O) groups is 2. The van der Waals surface area contributed by atoms with Crippen LogP contribution in [0, 0.1) is 0 Å². The number of aromatic nitrogens is 4. The lowest BCUT2D eigenvalue weighted by atomic mass is 10.2. The number of carboxylic acid groups (broad SMARTS) is 1. The number of ether oxygens (including phenoxy) is 1. The highest BCUT2D eigenvalue weighted by atomic mass is 16.6. The van der Waals surface area contributed by atoms with E-state index in [0.29, 0.717) is 28.2 Å². The summed E-state index contributed by atoms with van der Waals surface area (Å²) in [4.78, 5) is 27.5. The van der Waals surface area contributed by atoms with Crippen molar-refractivity contribution in [2.75, 3.05) is 12.3 Å². The van der Waals surface area contributed by atoms with Crippen molar-refractivity contribution in [3.05, 3.63) is 54.1 Å². The first-order valence-electron chi connectivity index (χ1n) is 9.31. The summed E-state index contributed by atoms with van der Waals surface area (Å²) in [7, 11) is 0. The molecule has 0 atom stereocenters. The maximum absolute atomic E-state index is 12.5. The number of nitrogens with two attached hydrogens (primary N) is 1. The first kappa shape index (κ1) is 20.5. The third kappa shape index (κ3) is 4.53. The molecule has 162 valence electrons. The highest BCUT2D eigenvalue weighted by molar-refractivity contribution is 5.86. The lowest BCUT2D eigenvalue weighted by Gasteiger charge is -2.06. The molecule has 1 amide bonds. The number of amides is 1. The summed E-state index contributed by atoms with van der Waals surface area (Å²) in [6.07, 6.45) is 1.45. The maximum atomic E-state index is 12.5. The number of hydrazone groups is 1. The predicted octanol–water partition coefficient (Wildman–Crippen LogP) is 1.28. The van der Waals surface area contributed by atoms with Gasteiger partial charge in [-0.2, -0.15) is 5.10 Å². The molecule has 0 spiro atoms. The summed E-state index contributed by atoms with van der Waals surface area (Å²) in [5.41, 5.74) is 10.5. The number of fused-ring (bicyclic) bond motifs is 1. The Labute approximate surface area is 180 Å². The van der Waals surface area contributed by atoms with Crippen LogP contribution in [0.2, 0.25) is 0 Å². The van der Waals surface area contributed by atoms with Gasteiger partial charge in [0.25, 0.3) is 5.91 Å². The van der Waals surface area contributed by atoms with Crippen LogP contribution in [0.4, 0.5) is 5.82 Å². The summed E-state index contributed by atoms with van der Waals surface area (Å²) in [6.45, 7) is -0.522. The quantitative estimate of drug-likeness (QED) is 0.272. The first-order valence-corrected chi connectivity index (χ1v) is 9.31. The number of para-hydroxylation sites is 2. The van der Waals surface area contributed by atoms with Crippen LogP contribution in [0.3, 0.4) is 0 Å². The standard InChI is InChI=1S/C20H17N7O5/c21-19-18(25-32-26-19)20-23-14-3-1-2-4-15(14)27(20)10-16(28)24-22-9-12-5-7-13(8-6-12)31-11-17(29)30/h1-9H,10-11H2,(H2,21,26)(H,24,28)(H,29,30)/b22-9-. The van der Waals surface area contributed by atoms with Crippen LogP contribution in [0.5, 0.6) is 5.75 Å². The number of benzene rings is 2. The molecule has 0 fully saturated rings. The molecule has 12 nitrogen and oxygen atoms in total. The van der Waals surface area contributed by atoms with Crippen LogP contribution in [0.25, 0.3) is 22.6 Å². The van der Waals surface area contributed by atoms with Crippen molar-refractivity contribution in [1.29, 1.82) is 0 Å². The van der Waals surface area contributed by atoms with E-state index in [1.54, 1.807) is 34.9 Å². The Balaban J connectivity index is 1.45. The van der Waals surface area contributed by atoms with Crippen molar-refractivity contribution in [2.24, 2.45) is 5.10 Å². The van der Waals surface area contributed by atoms with Crippen molar-refractivity contribution in [2.45, 2.75) is 6.54 Å². The number of carbonyl (C=O) groups excluding carboxylic acids is 1.